The van der Waals surface area contributed by atoms with E-state index in [0.717, 1.165) is 59.7 Å². The van der Waals surface area contributed by atoms with Crippen LogP contribution >= 0.6 is 0 Å². The number of fused-ring (bicyclic) bond motifs is 1. The maximum atomic E-state index is 12.8. The van der Waals surface area contributed by atoms with Gasteiger partial charge in [-0.15, -0.1) is 0 Å². The second kappa shape index (κ2) is 9.38. The van der Waals surface area contributed by atoms with E-state index in [2.05, 4.69) is 21.6 Å². The van der Waals surface area contributed by atoms with Crippen LogP contribution in [-0.2, 0) is 19.6 Å². The minimum Gasteiger partial charge on any atom is -0.497 e. The van der Waals surface area contributed by atoms with E-state index in [9.17, 15) is 9.59 Å². The second-order valence-electron chi connectivity index (χ2n) is 7.98. The summed E-state index contributed by atoms with van der Waals surface area (Å²) in [5, 5.41) is 5.95. The fourth-order valence-electron chi connectivity index (χ4n) is 4.41. The molecule has 0 aliphatic carbocycles. The van der Waals surface area contributed by atoms with Gasteiger partial charge >= 0.3 is 11.7 Å². The Morgan fingerprint density at radius 3 is 2.38 bits per heavy atom. The van der Waals surface area contributed by atoms with E-state index in [-0.39, 0.29) is 11.7 Å². The molecular weight excluding hydrogens is 406 g/mol. The highest BCUT2D eigenvalue weighted by Crippen LogP contribution is 2.33. The maximum absolute atomic E-state index is 12.8. The number of imidazole rings is 1. The first-order valence-electron chi connectivity index (χ1n) is 11.3. The van der Waals surface area contributed by atoms with Crippen LogP contribution in [-0.4, -0.2) is 35.4 Å². The summed E-state index contributed by atoms with van der Waals surface area (Å²) in [6.07, 6.45) is 2.24. The molecule has 0 atom stereocenters. The van der Waals surface area contributed by atoms with Crippen LogP contribution in [0.1, 0.15) is 32.3 Å². The average Bonchev–Trinajstić information content (AvgIpc) is 3.42. The summed E-state index contributed by atoms with van der Waals surface area (Å²) >= 11 is 0. The lowest BCUT2D eigenvalue weighted by molar-refractivity contribution is 0.251. The molecule has 1 saturated heterocycles. The molecule has 2 amide bonds. The standard InChI is InChI=1S/C24H31N5O3/c1-4-28-21-14-19(26-23(30)25-16-17-9-8-10-18(13-17)32-3)20(27-11-6-7-12-27)15-22(21)29(5-2)24(28)31/h8-10,13-15H,4-7,11-12,16H2,1-3H3,(H2,25,26,30). The van der Waals surface area contributed by atoms with Crippen LogP contribution in [0.2, 0.25) is 0 Å². The number of aryl methyl sites for hydroxylation is 2. The minimum absolute atomic E-state index is 0.0167. The molecular formula is C24H31N5O3. The van der Waals surface area contributed by atoms with Crippen LogP contribution in [0.15, 0.2) is 41.2 Å². The number of rotatable bonds is 7. The van der Waals surface area contributed by atoms with Crippen molar-refractivity contribution in [2.24, 2.45) is 0 Å². The van der Waals surface area contributed by atoms with Gasteiger partial charge in [-0.05, 0) is 56.5 Å². The highest BCUT2D eigenvalue weighted by molar-refractivity contribution is 5.98. The van der Waals surface area contributed by atoms with Crippen molar-refractivity contribution in [1.29, 1.82) is 0 Å². The van der Waals surface area contributed by atoms with Gasteiger partial charge < -0.3 is 20.3 Å². The van der Waals surface area contributed by atoms with Gasteiger partial charge in [-0.25, -0.2) is 9.59 Å². The Hall–Kier alpha value is -3.42. The molecule has 32 heavy (non-hydrogen) atoms. The molecule has 1 aromatic heterocycles. The van der Waals surface area contributed by atoms with Gasteiger partial charge in [0.05, 0.1) is 29.5 Å². The van der Waals surface area contributed by atoms with E-state index in [1.807, 2.05) is 44.2 Å². The molecule has 8 heteroatoms. The smallest absolute Gasteiger partial charge is 0.329 e. The van der Waals surface area contributed by atoms with E-state index in [0.29, 0.717) is 19.6 Å². The van der Waals surface area contributed by atoms with Crippen molar-refractivity contribution in [2.45, 2.75) is 46.3 Å². The van der Waals surface area contributed by atoms with Crippen molar-refractivity contribution in [3.8, 4) is 5.75 Å². The number of aromatic nitrogens is 2. The SMILES string of the molecule is CCn1c(=O)n(CC)c2cc(N3CCCC3)c(NC(=O)NCc3cccc(OC)c3)cc21. The minimum atomic E-state index is -0.284. The normalized spacial score (nSPS) is 13.5. The van der Waals surface area contributed by atoms with Gasteiger partial charge in [0.15, 0.2) is 0 Å². The first kappa shape index (κ1) is 21.8. The Bertz CT molecular complexity index is 1170. The number of methoxy groups -OCH3 is 1. The van der Waals surface area contributed by atoms with Gasteiger partial charge in [0, 0.05) is 32.7 Å². The van der Waals surface area contributed by atoms with Gasteiger partial charge in [-0.2, -0.15) is 0 Å². The first-order chi connectivity index (χ1) is 15.5. The quantitative estimate of drug-likeness (QED) is 0.590. The number of amides is 2. The number of hydrogen-bond acceptors (Lipinski definition) is 4. The largest absolute Gasteiger partial charge is 0.497 e. The predicted molar refractivity (Wildman–Crippen MR) is 128 cm³/mol. The Morgan fingerprint density at radius 2 is 1.72 bits per heavy atom. The number of nitrogens with one attached hydrogen (secondary N) is 2. The van der Waals surface area contributed by atoms with Gasteiger partial charge in [-0.1, -0.05) is 12.1 Å². The lowest BCUT2D eigenvalue weighted by Crippen LogP contribution is -2.29. The molecule has 2 N–H and O–H groups in total. The molecule has 4 rings (SSSR count). The molecule has 2 heterocycles. The van der Waals surface area contributed by atoms with Gasteiger partial charge in [0.25, 0.3) is 0 Å². The van der Waals surface area contributed by atoms with Crippen molar-refractivity contribution < 1.29 is 9.53 Å². The van der Waals surface area contributed by atoms with Gasteiger partial charge in [0.1, 0.15) is 5.75 Å². The van der Waals surface area contributed by atoms with Crippen molar-refractivity contribution >= 4 is 28.4 Å². The number of anilines is 2. The fraction of sp³-hybridized carbons (Fsp3) is 0.417. The highest BCUT2D eigenvalue weighted by Gasteiger charge is 2.21. The van der Waals surface area contributed by atoms with Crippen molar-refractivity contribution in [3.63, 3.8) is 0 Å². The van der Waals surface area contributed by atoms with E-state index in [1.54, 1.807) is 16.2 Å². The van der Waals surface area contributed by atoms with Crippen LogP contribution in [0.5, 0.6) is 5.75 Å². The Labute approximate surface area is 187 Å². The zero-order valence-electron chi connectivity index (χ0n) is 19.0. The van der Waals surface area contributed by atoms with Crippen LogP contribution in [0, 0.1) is 0 Å². The number of benzene rings is 2. The highest BCUT2D eigenvalue weighted by atomic mass is 16.5. The van der Waals surface area contributed by atoms with Crippen molar-refractivity contribution in [3.05, 3.63) is 52.4 Å². The Balaban J connectivity index is 1.64. The molecule has 0 radical (unpaired) electrons. The van der Waals surface area contributed by atoms with E-state index in [4.69, 9.17) is 4.74 Å². The summed E-state index contributed by atoms with van der Waals surface area (Å²) < 4.78 is 8.80. The molecule has 1 aliphatic heterocycles. The molecule has 170 valence electrons. The average molecular weight is 438 g/mol. The predicted octanol–water partition coefficient (Wildman–Crippen LogP) is 3.77. The molecule has 0 unspecified atom stereocenters. The van der Waals surface area contributed by atoms with Crippen molar-refractivity contribution in [1.82, 2.24) is 14.5 Å². The monoisotopic (exact) mass is 437 g/mol. The first-order valence-corrected chi connectivity index (χ1v) is 11.3. The summed E-state index contributed by atoms with van der Waals surface area (Å²) in [5.41, 5.74) is 4.36. The van der Waals surface area contributed by atoms with Crippen molar-refractivity contribution in [2.75, 3.05) is 30.4 Å². The number of nitrogens with zero attached hydrogens (tertiary/aromatic N) is 3. The summed E-state index contributed by atoms with van der Waals surface area (Å²) in [7, 11) is 1.62. The third-order valence-electron chi connectivity index (χ3n) is 6.05. The number of ether oxygens (including phenoxy) is 1. The van der Waals surface area contributed by atoms with Gasteiger partial charge in [-0.3, -0.25) is 9.13 Å². The van der Waals surface area contributed by atoms with Crippen LogP contribution in [0.4, 0.5) is 16.2 Å². The molecule has 8 nitrogen and oxygen atoms in total. The third-order valence-corrected chi connectivity index (χ3v) is 6.05. The topological polar surface area (TPSA) is 80.5 Å². The summed E-state index contributed by atoms with van der Waals surface area (Å²) in [4.78, 5) is 27.9. The molecule has 1 fully saturated rings. The molecule has 0 bridgehead atoms. The number of carbonyl (C=O) groups excluding carboxylic acids is 1. The maximum Gasteiger partial charge on any atom is 0.329 e. The fourth-order valence-corrected chi connectivity index (χ4v) is 4.41. The molecule has 2 aromatic carbocycles. The van der Waals surface area contributed by atoms with Crippen LogP contribution in [0.25, 0.3) is 11.0 Å². The van der Waals surface area contributed by atoms with Crippen LogP contribution < -0.4 is 26.0 Å². The number of urea groups is 1. The lowest BCUT2D eigenvalue weighted by atomic mass is 10.2. The van der Waals surface area contributed by atoms with E-state index < -0.39 is 0 Å². The van der Waals surface area contributed by atoms with Crippen LogP contribution in [0.3, 0.4) is 0 Å². The summed E-state index contributed by atoms with van der Waals surface area (Å²) in [6.45, 7) is 7.39. The Kier molecular flexibility index (Phi) is 6.39. The van der Waals surface area contributed by atoms with E-state index >= 15 is 0 Å². The number of carbonyl (C=O) groups is 1. The molecule has 3 aromatic rings. The van der Waals surface area contributed by atoms with E-state index in [1.165, 1.54) is 0 Å². The molecule has 0 spiro atoms. The van der Waals surface area contributed by atoms with Gasteiger partial charge in [0.2, 0.25) is 0 Å². The number of hydrogen-bond donors (Lipinski definition) is 2. The summed E-state index contributed by atoms with van der Waals surface area (Å²) in [6, 6.07) is 11.3. The summed E-state index contributed by atoms with van der Waals surface area (Å²) in [5.74, 6) is 0.754. The zero-order valence-corrected chi connectivity index (χ0v) is 19.0. The third kappa shape index (κ3) is 4.17. The zero-order chi connectivity index (χ0) is 22.7. The second-order valence-corrected chi connectivity index (χ2v) is 7.98. The lowest BCUT2D eigenvalue weighted by Gasteiger charge is -2.22. The Morgan fingerprint density at radius 1 is 1.03 bits per heavy atom. The molecule has 1 aliphatic rings. The molecule has 0 saturated carbocycles.